The molecule has 0 aliphatic heterocycles. The van der Waals surface area contributed by atoms with Gasteiger partial charge in [0.05, 0.1) is 50.5 Å². The highest BCUT2D eigenvalue weighted by Crippen LogP contribution is 2.34. The molecule has 0 bridgehead atoms. The number of nitrogens with zero attached hydrogens (tertiary/aromatic N) is 6. The van der Waals surface area contributed by atoms with E-state index in [1.165, 1.54) is 34.8 Å². The molecule has 0 amide bonds. The second-order valence-electron chi connectivity index (χ2n) is 13.3. The number of quaternary nitrogens is 1. The van der Waals surface area contributed by atoms with E-state index in [1.807, 2.05) is 63.3 Å². The lowest BCUT2D eigenvalue weighted by Gasteiger charge is -2.27. The van der Waals surface area contributed by atoms with Gasteiger partial charge >= 0.3 is 0 Å². The smallest absolute Gasteiger partial charge is 0.191 e. The predicted octanol–water partition coefficient (Wildman–Crippen LogP) is 4.67. The largest absolute Gasteiger partial charge is 0.543 e. The molecule has 0 radical (unpaired) electrons. The van der Waals surface area contributed by atoms with Crippen molar-refractivity contribution in [3.8, 4) is 17.6 Å². The third-order valence-corrected chi connectivity index (χ3v) is 9.88. The highest BCUT2D eigenvalue weighted by molar-refractivity contribution is 7.22. The number of thiazole rings is 2. The van der Waals surface area contributed by atoms with Crippen LogP contribution in [0.5, 0.6) is 5.75 Å². The minimum atomic E-state index is -1.39. The van der Waals surface area contributed by atoms with Gasteiger partial charge in [-0.1, -0.05) is 35.3 Å². The van der Waals surface area contributed by atoms with Crippen molar-refractivity contribution in [2.24, 2.45) is 0 Å². The number of hydrogen-bond donors (Lipinski definition) is 3. The lowest BCUT2D eigenvalue weighted by Crippen LogP contribution is -2.41. The van der Waals surface area contributed by atoms with Crippen LogP contribution in [0.15, 0.2) is 48.5 Å². The number of likely N-dealkylation sites (N-methyl/N-ethyl adjacent to an activating group) is 1. The number of aryl methyl sites for hydroxylation is 2. The van der Waals surface area contributed by atoms with E-state index in [9.17, 15) is 19.4 Å². The molecule has 0 saturated carbocycles. The number of anilines is 4. The van der Waals surface area contributed by atoms with E-state index in [2.05, 4.69) is 42.6 Å². The summed E-state index contributed by atoms with van der Waals surface area (Å²) in [6.07, 6.45) is 1.32. The van der Waals surface area contributed by atoms with Crippen LogP contribution in [0, 0.1) is 24.6 Å². The predicted molar refractivity (Wildman–Crippen MR) is 202 cm³/mol. The SMILES string of the molecule is CNCC#Cc1ccc(OCCCc2sc(N(CCCC(O)C[N+](C)(C)C)c3cc(C)c(Nc4nc5ccccc5s4)nn3)nc2C(=O)[O-])c(F)c1. The maximum atomic E-state index is 14.6. The number of aromatic carboxylic acids is 1. The summed E-state index contributed by atoms with van der Waals surface area (Å²) < 4.78 is 22.0. The molecule has 0 aliphatic carbocycles. The van der Waals surface area contributed by atoms with Crippen molar-refractivity contribution in [1.82, 2.24) is 25.5 Å². The van der Waals surface area contributed by atoms with Crippen LogP contribution in [0.25, 0.3) is 10.2 Å². The van der Waals surface area contributed by atoms with Gasteiger partial charge in [0.25, 0.3) is 0 Å². The van der Waals surface area contributed by atoms with Crippen molar-refractivity contribution in [1.29, 1.82) is 0 Å². The first kappa shape index (κ1) is 38.5. The van der Waals surface area contributed by atoms with Crippen LogP contribution >= 0.6 is 22.7 Å². The van der Waals surface area contributed by atoms with Crippen molar-refractivity contribution in [2.45, 2.75) is 38.7 Å². The van der Waals surface area contributed by atoms with E-state index < -0.39 is 17.9 Å². The molecule has 15 heteroatoms. The Hall–Kier alpha value is -4.72. The van der Waals surface area contributed by atoms with E-state index in [0.717, 1.165) is 15.8 Å². The van der Waals surface area contributed by atoms with Gasteiger partial charge in [-0.2, -0.15) is 0 Å². The van der Waals surface area contributed by atoms with Gasteiger partial charge in [0.15, 0.2) is 33.5 Å². The van der Waals surface area contributed by atoms with Gasteiger partial charge in [-0.3, -0.25) is 0 Å². The molecule has 0 fully saturated rings. The first-order valence-corrected chi connectivity index (χ1v) is 18.5. The maximum absolute atomic E-state index is 14.6. The number of ether oxygens (including phenoxy) is 1. The molecule has 52 heavy (non-hydrogen) atoms. The number of fused-ring (bicyclic) bond motifs is 1. The van der Waals surface area contributed by atoms with Crippen molar-refractivity contribution < 1.29 is 28.6 Å². The van der Waals surface area contributed by atoms with Crippen LogP contribution in [0.1, 0.15) is 45.8 Å². The monoisotopic (exact) mass is 746 g/mol. The van der Waals surface area contributed by atoms with Gasteiger partial charge in [-0.05, 0) is 81.6 Å². The number of aromatic nitrogens is 4. The summed E-state index contributed by atoms with van der Waals surface area (Å²) in [5.74, 6) is 4.98. The Kier molecular flexibility index (Phi) is 13.1. The van der Waals surface area contributed by atoms with Gasteiger partial charge in [-0.25, -0.2) is 14.4 Å². The average molecular weight is 747 g/mol. The minimum absolute atomic E-state index is 0.0953. The molecule has 0 saturated heterocycles. The standard InChI is InChI=1S/C37H43FN8O4S2/c1-24-21-32(43-44-34(24)42-36-40-28-13-6-7-14-30(28)51-36)45(19-9-12-26(47)23-46(3,4)5)37-41-33(35(48)49)31(52-37)15-10-20-50-29-17-16-25(22-27(29)38)11-8-18-39-2/h6-7,13-14,16-17,21-22,26,39,47H,9-10,12,15,18-20,23H2,1-5H3,(H-,40,42,44,48,49). The molecule has 1 atom stereocenters. The molecule has 1 unspecified atom stereocenters. The van der Waals surface area contributed by atoms with Crippen LogP contribution in [-0.4, -0.2) is 96.3 Å². The lowest BCUT2D eigenvalue weighted by molar-refractivity contribution is -0.873. The Morgan fingerprint density at radius 3 is 2.63 bits per heavy atom. The van der Waals surface area contributed by atoms with E-state index in [4.69, 9.17) is 4.74 Å². The van der Waals surface area contributed by atoms with Gasteiger partial charge < -0.3 is 39.8 Å². The van der Waals surface area contributed by atoms with Crippen molar-refractivity contribution in [2.75, 3.05) is 64.6 Å². The number of hydrogen-bond acceptors (Lipinski definition) is 13. The number of nitrogens with one attached hydrogen (secondary N) is 2. The molecule has 2 aromatic carbocycles. The van der Waals surface area contributed by atoms with Crippen LogP contribution in [0.3, 0.4) is 0 Å². The second-order valence-corrected chi connectivity index (χ2v) is 15.3. The van der Waals surface area contributed by atoms with Crippen molar-refractivity contribution in [3.05, 3.63) is 76.0 Å². The van der Waals surface area contributed by atoms with E-state index in [-0.39, 0.29) is 18.1 Å². The fourth-order valence-corrected chi connectivity index (χ4v) is 7.39. The molecule has 3 aromatic heterocycles. The fourth-order valence-electron chi connectivity index (χ4n) is 5.40. The summed E-state index contributed by atoms with van der Waals surface area (Å²) in [5, 5.41) is 39.2. The molecule has 0 aliphatic rings. The summed E-state index contributed by atoms with van der Waals surface area (Å²) in [6, 6.07) is 14.3. The Morgan fingerprint density at radius 2 is 1.92 bits per heavy atom. The number of carboxylic acids is 1. The highest BCUT2D eigenvalue weighted by atomic mass is 32.1. The average Bonchev–Trinajstić information content (AvgIpc) is 3.70. The first-order valence-electron chi connectivity index (χ1n) is 16.9. The summed E-state index contributed by atoms with van der Waals surface area (Å²) in [5.41, 5.74) is 2.07. The van der Waals surface area contributed by atoms with Gasteiger partial charge in [0.1, 0.15) is 18.3 Å². The second kappa shape index (κ2) is 17.7. The molecule has 0 spiro atoms. The number of aliphatic hydroxyl groups excluding tert-OH is 1. The lowest BCUT2D eigenvalue weighted by atomic mass is 10.1. The molecule has 3 heterocycles. The van der Waals surface area contributed by atoms with Crippen LogP contribution in [-0.2, 0) is 6.42 Å². The third kappa shape index (κ3) is 10.7. The molecule has 12 nitrogen and oxygen atoms in total. The maximum Gasteiger partial charge on any atom is 0.191 e. The van der Waals surface area contributed by atoms with Gasteiger partial charge in [-0.15, -0.1) is 21.5 Å². The van der Waals surface area contributed by atoms with Crippen molar-refractivity contribution >= 4 is 60.8 Å². The Morgan fingerprint density at radius 1 is 1.12 bits per heavy atom. The minimum Gasteiger partial charge on any atom is -0.543 e. The van der Waals surface area contributed by atoms with Gasteiger partial charge in [0.2, 0.25) is 0 Å². The first-order chi connectivity index (χ1) is 24.9. The number of carboxylic acid groups (broad SMARTS) is 1. The van der Waals surface area contributed by atoms with Gasteiger partial charge in [0, 0.05) is 17.0 Å². The van der Waals surface area contributed by atoms with E-state index in [1.54, 1.807) is 13.1 Å². The zero-order chi connectivity index (χ0) is 37.3. The molecule has 5 aromatic rings. The van der Waals surface area contributed by atoms with Crippen LogP contribution in [0.2, 0.25) is 0 Å². The molecule has 274 valence electrons. The number of aliphatic hydroxyl groups is 1. The molecular formula is C37H43FN8O4S2. The Labute approximate surface area is 310 Å². The van der Waals surface area contributed by atoms with Crippen LogP contribution in [0.4, 0.5) is 26.3 Å². The topological polar surface area (TPSA) is 148 Å². The normalized spacial score (nSPS) is 12.0. The van der Waals surface area contributed by atoms with E-state index in [0.29, 0.717) is 82.1 Å². The zero-order valence-corrected chi connectivity index (χ0v) is 31.5. The quantitative estimate of drug-likeness (QED) is 0.0693. The van der Waals surface area contributed by atoms with Crippen LogP contribution < -0.4 is 25.4 Å². The number of benzene rings is 2. The summed E-state index contributed by atoms with van der Waals surface area (Å²) >= 11 is 2.74. The Balaban J connectivity index is 1.32. The van der Waals surface area contributed by atoms with E-state index >= 15 is 0 Å². The summed E-state index contributed by atoms with van der Waals surface area (Å²) in [4.78, 5) is 23.7. The molecule has 5 rings (SSSR count). The number of carbonyl (C=O) groups is 1. The number of halogens is 1. The number of rotatable bonds is 17. The fraction of sp³-hybridized carbons (Fsp3) is 0.378. The molecule has 3 N–H and O–H groups in total. The Bertz CT molecular complexity index is 2020. The number of para-hydroxylation sites is 1. The zero-order valence-electron chi connectivity index (χ0n) is 29.9. The van der Waals surface area contributed by atoms with Crippen molar-refractivity contribution in [3.63, 3.8) is 0 Å². The third-order valence-electron chi connectivity index (χ3n) is 7.79. The highest BCUT2D eigenvalue weighted by Gasteiger charge is 2.22. The molecular weight excluding hydrogens is 704 g/mol. The summed E-state index contributed by atoms with van der Waals surface area (Å²) in [7, 11) is 7.86. The number of carbonyl (C=O) groups excluding carboxylic acids is 1. The summed E-state index contributed by atoms with van der Waals surface area (Å²) in [6.45, 7) is 3.55.